The molecule has 0 amide bonds. The third kappa shape index (κ3) is 5.48. The Labute approximate surface area is 81.7 Å². The highest BCUT2D eigenvalue weighted by atomic mass is 16.6. The van der Waals surface area contributed by atoms with Crippen molar-refractivity contribution < 1.29 is 24.5 Å². The molecule has 0 aliphatic rings. The lowest BCUT2D eigenvalue weighted by Gasteiger charge is -2.12. The first-order valence-electron chi connectivity index (χ1n) is 4.02. The zero-order chi connectivity index (χ0) is 11.0. The standard InChI is InChI=1S/C8H13NO5/c1-13-2-3-14-7(10)4-6(5-9)8(11)12/h6-7,10H,2-4H2,1H3,(H,11,12). The van der Waals surface area contributed by atoms with Crippen molar-refractivity contribution in [2.45, 2.75) is 12.7 Å². The van der Waals surface area contributed by atoms with E-state index in [1.54, 1.807) is 6.07 Å². The molecule has 0 bridgehead atoms. The van der Waals surface area contributed by atoms with Crippen molar-refractivity contribution in [3.8, 4) is 6.07 Å². The van der Waals surface area contributed by atoms with Gasteiger partial charge in [-0.1, -0.05) is 0 Å². The second-order valence-corrected chi connectivity index (χ2v) is 2.57. The van der Waals surface area contributed by atoms with Crippen molar-refractivity contribution >= 4 is 5.97 Å². The Kier molecular flexibility index (Phi) is 6.66. The van der Waals surface area contributed by atoms with Gasteiger partial charge < -0.3 is 19.7 Å². The smallest absolute Gasteiger partial charge is 0.321 e. The van der Waals surface area contributed by atoms with Crippen LogP contribution < -0.4 is 0 Å². The van der Waals surface area contributed by atoms with Crippen LogP contribution in [0.15, 0.2) is 0 Å². The number of rotatable bonds is 7. The Morgan fingerprint density at radius 1 is 1.57 bits per heavy atom. The predicted molar refractivity (Wildman–Crippen MR) is 45.2 cm³/mol. The van der Waals surface area contributed by atoms with E-state index in [2.05, 4.69) is 4.74 Å². The molecule has 0 aromatic carbocycles. The van der Waals surface area contributed by atoms with Crippen molar-refractivity contribution in [3.05, 3.63) is 0 Å². The van der Waals surface area contributed by atoms with Crippen LogP contribution in [0.4, 0.5) is 0 Å². The number of aliphatic hydroxyl groups is 1. The summed E-state index contributed by atoms with van der Waals surface area (Å²) in [6.45, 7) is 0.469. The van der Waals surface area contributed by atoms with Crippen molar-refractivity contribution in [2.75, 3.05) is 20.3 Å². The summed E-state index contributed by atoms with van der Waals surface area (Å²) < 4.78 is 9.43. The van der Waals surface area contributed by atoms with Crippen LogP contribution in [-0.2, 0) is 14.3 Å². The van der Waals surface area contributed by atoms with Gasteiger partial charge in [-0.2, -0.15) is 5.26 Å². The quantitative estimate of drug-likeness (QED) is 0.430. The van der Waals surface area contributed by atoms with Gasteiger partial charge in [0, 0.05) is 13.5 Å². The fourth-order valence-electron chi connectivity index (χ4n) is 0.746. The molecular weight excluding hydrogens is 190 g/mol. The molecule has 6 nitrogen and oxygen atoms in total. The van der Waals surface area contributed by atoms with Crippen LogP contribution in [0.3, 0.4) is 0 Å². The molecule has 0 aromatic heterocycles. The first-order chi connectivity index (χ1) is 6.61. The van der Waals surface area contributed by atoms with E-state index in [1.165, 1.54) is 7.11 Å². The van der Waals surface area contributed by atoms with Gasteiger partial charge in [0.2, 0.25) is 0 Å². The van der Waals surface area contributed by atoms with E-state index in [9.17, 15) is 4.79 Å². The number of aliphatic hydroxyl groups excluding tert-OH is 1. The largest absolute Gasteiger partial charge is 0.480 e. The Hall–Kier alpha value is -1.16. The molecule has 0 radical (unpaired) electrons. The van der Waals surface area contributed by atoms with Crippen molar-refractivity contribution in [1.82, 2.24) is 0 Å². The highest BCUT2D eigenvalue weighted by molar-refractivity contribution is 5.72. The molecule has 0 saturated heterocycles. The third-order valence-corrected chi connectivity index (χ3v) is 1.49. The summed E-state index contributed by atoms with van der Waals surface area (Å²) in [7, 11) is 1.48. The van der Waals surface area contributed by atoms with E-state index in [-0.39, 0.29) is 13.0 Å². The minimum atomic E-state index is -1.26. The van der Waals surface area contributed by atoms with E-state index in [4.69, 9.17) is 20.2 Å². The molecule has 0 fully saturated rings. The summed E-state index contributed by atoms with van der Waals surface area (Å²) in [5.74, 6) is -2.51. The second-order valence-electron chi connectivity index (χ2n) is 2.57. The van der Waals surface area contributed by atoms with Gasteiger partial charge in [-0.3, -0.25) is 4.79 Å². The van der Waals surface area contributed by atoms with Crippen LogP contribution in [-0.4, -0.2) is 42.8 Å². The molecule has 2 atom stereocenters. The molecule has 0 aromatic rings. The minimum absolute atomic E-state index is 0.162. The number of hydrogen-bond acceptors (Lipinski definition) is 5. The van der Waals surface area contributed by atoms with E-state index >= 15 is 0 Å². The summed E-state index contributed by atoms with van der Waals surface area (Å²) >= 11 is 0. The molecule has 2 N–H and O–H groups in total. The van der Waals surface area contributed by atoms with Crippen molar-refractivity contribution in [3.63, 3.8) is 0 Å². The number of hydrogen-bond donors (Lipinski definition) is 2. The fraction of sp³-hybridized carbons (Fsp3) is 0.750. The van der Waals surface area contributed by atoms with Crippen LogP contribution in [0, 0.1) is 17.2 Å². The molecule has 6 heteroatoms. The number of carboxylic acid groups (broad SMARTS) is 1. The summed E-state index contributed by atoms with van der Waals surface area (Å²) in [6.07, 6.45) is -1.49. The maximum atomic E-state index is 10.4. The fourth-order valence-corrected chi connectivity index (χ4v) is 0.746. The molecule has 0 spiro atoms. The number of carbonyl (C=O) groups is 1. The van der Waals surface area contributed by atoms with Crippen molar-refractivity contribution in [2.24, 2.45) is 5.92 Å². The van der Waals surface area contributed by atoms with Gasteiger partial charge in [-0.25, -0.2) is 0 Å². The molecule has 0 saturated carbocycles. The Morgan fingerprint density at radius 2 is 2.21 bits per heavy atom. The first kappa shape index (κ1) is 12.8. The number of ether oxygens (including phenoxy) is 2. The second kappa shape index (κ2) is 7.26. The van der Waals surface area contributed by atoms with Gasteiger partial charge in [0.15, 0.2) is 6.29 Å². The molecule has 0 aliphatic carbocycles. The zero-order valence-corrected chi connectivity index (χ0v) is 7.84. The zero-order valence-electron chi connectivity index (χ0n) is 7.84. The number of nitriles is 1. The summed E-state index contributed by atoms with van der Waals surface area (Å²) in [5.41, 5.74) is 0. The molecule has 0 aliphatic heterocycles. The van der Waals surface area contributed by atoms with Crippen LogP contribution in [0.1, 0.15) is 6.42 Å². The first-order valence-corrected chi connectivity index (χ1v) is 4.02. The molecule has 0 heterocycles. The lowest BCUT2D eigenvalue weighted by molar-refractivity contribution is -0.148. The molecule has 2 unspecified atom stereocenters. The number of methoxy groups -OCH3 is 1. The SMILES string of the molecule is COCCOC(O)CC(C#N)C(=O)O. The third-order valence-electron chi connectivity index (χ3n) is 1.49. The van der Waals surface area contributed by atoms with Crippen LogP contribution >= 0.6 is 0 Å². The lowest BCUT2D eigenvalue weighted by Crippen LogP contribution is -2.22. The summed E-state index contributed by atoms with van der Waals surface area (Å²) in [6, 6.07) is 1.55. The minimum Gasteiger partial charge on any atom is -0.480 e. The predicted octanol–water partition coefficient (Wildman–Crippen LogP) is -0.418. The number of carboxylic acids is 1. The Balaban J connectivity index is 3.75. The van der Waals surface area contributed by atoms with Crippen LogP contribution in [0.25, 0.3) is 0 Å². The summed E-state index contributed by atoms with van der Waals surface area (Å²) in [4.78, 5) is 10.4. The van der Waals surface area contributed by atoms with Gasteiger partial charge in [-0.05, 0) is 0 Å². The van der Waals surface area contributed by atoms with Gasteiger partial charge in [0.05, 0.1) is 19.3 Å². The van der Waals surface area contributed by atoms with E-state index in [0.717, 1.165) is 0 Å². The normalized spacial score (nSPS) is 14.4. The van der Waals surface area contributed by atoms with E-state index in [0.29, 0.717) is 6.61 Å². The van der Waals surface area contributed by atoms with Gasteiger partial charge in [0.25, 0.3) is 0 Å². The molecule has 80 valence electrons. The lowest BCUT2D eigenvalue weighted by atomic mass is 10.1. The van der Waals surface area contributed by atoms with Gasteiger partial charge >= 0.3 is 5.97 Å². The number of nitrogens with zero attached hydrogens (tertiary/aromatic N) is 1. The number of aliphatic carboxylic acids is 1. The molecule has 0 rings (SSSR count). The monoisotopic (exact) mass is 203 g/mol. The highest BCUT2D eigenvalue weighted by Crippen LogP contribution is 2.06. The average Bonchev–Trinajstić information content (AvgIpc) is 2.14. The van der Waals surface area contributed by atoms with Gasteiger partial charge in [-0.15, -0.1) is 0 Å². The molecule has 14 heavy (non-hydrogen) atoms. The Bertz CT molecular complexity index is 212. The maximum Gasteiger partial charge on any atom is 0.321 e. The van der Waals surface area contributed by atoms with E-state index < -0.39 is 18.2 Å². The molecular formula is C8H13NO5. The average molecular weight is 203 g/mol. The maximum absolute atomic E-state index is 10.4. The van der Waals surface area contributed by atoms with Crippen LogP contribution in [0.5, 0.6) is 0 Å². The summed E-state index contributed by atoms with van der Waals surface area (Å²) in [5, 5.41) is 26.0. The van der Waals surface area contributed by atoms with Gasteiger partial charge in [0.1, 0.15) is 5.92 Å². The van der Waals surface area contributed by atoms with E-state index in [1.807, 2.05) is 0 Å². The van der Waals surface area contributed by atoms with Crippen molar-refractivity contribution in [1.29, 1.82) is 5.26 Å². The van der Waals surface area contributed by atoms with Crippen LogP contribution in [0.2, 0.25) is 0 Å². The Morgan fingerprint density at radius 3 is 2.64 bits per heavy atom. The topological polar surface area (TPSA) is 99.8 Å². The highest BCUT2D eigenvalue weighted by Gasteiger charge is 2.20.